The first-order valence-corrected chi connectivity index (χ1v) is 9.70. The van der Waals surface area contributed by atoms with Crippen molar-refractivity contribution in [3.8, 4) is 0 Å². The first-order chi connectivity index (χ1) is 12.5. The summed E-state index contributed by atoms with van der Waals surface area (Å²) in [5.41, 5.74) is 2.49. The Morgan fingerprint density at radius 2 is 1.81 bits per heavy atom. The third kappa shape index (κ3) is 4.75. The molecular weight excluding hydrogens is 328 g/mol. The fourth-order valence-electron chi connectivity index (χ4n) is 3.87. The number of nitrogens with zero attached hydrogens (tertiary/aromatic N) is 2. The van der Waals surface area contributed by atoms with Gasteiger partial charge in [-0.2, -0.15) is 0 Å². The molecule has 0 bridgehead atoms. The van der Waals surface area contributed by atoms with Crippen molar-refractivity contribution in [3.63, 3.8) is 0 Å². The molecule has 2 aliphatic rings. The lowest BCUT2D eigenvalue weighted by Crippen LogP contribution is -2.56. The highest BCUT2D eigenvalue weighted by atomic mass is 16.2. The quantitative estimate of drug-likeness (QED) is 0.867. The second-order valence-corrected chi connectivity index (χ2v) is 7.48. The second-order valence-electron chi connectivity index (χ2n) is 7.48. The Bertz CT molecular complexity index is 634. The molecule has 0 spiro atoms. The molecule has 1 aromatic rings. The first kappa shape index (κ1) is 18.7. The van der Waals surface area contributed by atoms with Crippen LogP contribution in [-0.4, -0.2) is 55.1 Å². The van der Waals surface area contributed by atoms with Gasteiger partial charge in [-0.1, -0.05) is 25.0 Å². The lowest BCUT2D eigenvalue weighted by atomic mass is 10.1. The third-order valence-electron chi connectivity index (χ3n) is 5.54. The zero-order valence-corrected chi connectivity index (χ0v) is 15.8. The number of amides is 3. The monoisotopic (exact) mass is 358 g/mol. The van der Waals surface area contributed by atoms with Crippen molar-refractivity contribution < 1.29 is 9.59 Å². The van der Waals surface area contributed by atoms with Crippen LogP contribution in [0.15, 0.2) is 24.3 Å². The summed E-state index contributed by atoms with van der Waals surface area (Å²) in [7, 11) is 0. The average molecular weight is 358 g/mol. The molecule has 6 heteroatoms. The summed E-state index contributed by atoms with van der Waals surface area (Å²) in [6.07, 6.45) is 4.33. The van der Waals surface area contributed by atoms with Gasteiger partial charge in [0.1, 0.15) is 0 Å². The molecule has 1 saturated carbocycles. The van der Waals surface area contributed by atoms with Crippen LogP contribution in [0, 0.1) is 6.92 Å². The van der Waals surface area contributed by atoms with Crippen LogP contribution in [0.25, 0.3) is 0 Å². The van der Waals surface area contributed by atoms with E-state index in [1.165, 1.54) is 11.3 Å². The maximum absolute atomic E-state index is 12.4. The number of hydrogen-bond donors (Lipinski definition) is 2. The molecule has 1 aliphatic carbocycles. The number of piperazine rings is 1. The lowest BCUT2D eigenvalue weighted by Gasteiger charge is -2.38. The molecule has 0 aromatic heterocycles. The van der Waals surface area contributed by atoms with Gasteiger partial charge in [0.2, 0.25) is 5.91 Å². The van der Waals surface area contributed by atoms with Crippen molar-refractivity contribution in [1.82, 2.24) is 15.5 Å². The van der Waals surface area contributed by atoms with Gasteiger partial charge in [0, 0.05) is 37.9 Å². The zero-order valence-electron chi connectivity index (χ0n) is 15.8. The van der Waals surface area contributed by atoms with Crippen LogP contribution in [0.2, 0.25) is 0 Å². The van der Waals surface area contributed by atoms with Crippen LogP contribution in [0.4, 0.5) is 10.5 Å². The summed E-state index contributed by atoms with van der Waals surface area (Å²) in [5, 5.41) is 5.41. The van der Waals surface area contributed by atoms with Crippen LogP contribution in [0.3, 0.4) is 0 Å². The van der Waals surface area contributed by atoms with Gasteiger partial charge >= 0.3 is 6.03 Å². The van der Waals surface area contributed by atoms with Gasteiger partial charge in [-0.25, -0.2) is 4.79 Å². The van der Waals surface area contributed by atoms with Gasteiger partial charge < -0.3 is 10.2 Å². The highest BCUT2D eigenvalue weighted by molar-refractivity contribution is 5.96. The van der Waals surface area contributed by atoms with E-state index in [0.29, 0.717) is 0 Å². The Labute approximate surface area is 155 Å². The zero-order chi connectivity index (χ0) is 18.5. The van der Waals surface area contributed by atoms with E-state index in [-0.39, 0.29) is 24.0 Å². The normalized spacial score (nSPS) is 20.0. The fourth-order valence-corrected chi connectivity index (χ4v) is 3.87. The van der Waals surface area contributed by atoms with Crippen molar-refractivity contribution in [1.29, 1.82) is 0 Å². The summed E-state index contributed by atoms with van der Waals surface area (Å²) < 4.78 is 0. The number of rotatable bonds is 4. The highest BCUT2D eigenvalue weighted by Gasteiger charge is 2.27. The molecule has 1 saturated heterocycles. The number of carbonyl (C=O) groups is 2. The minimum atomic E-state index is -0.354. The summed E-state index contributed by atoms with van der Waals surface area (Å²) in [6.45, 7) is 7.37. The molecule has 26 heavy (non-hydrogen) atoms. The summed E-state index contributed by atoms with van der Waals surface area (Å²) in [6, 6.07) is 8.07. The minimum absolute atomic E-state index is 0.218. The Hall–Kier alpha value is -2.08. The molecule has 3 amide bonds. The smallest absolute Gasteiger partial charge is 0.321 e. The van der Waals surface area contributed by atoms with Gasteiger partial charge in [-0.3, -0.25) is 15.0 Å². The Morgan fingerprint density at radius 1 is 1.12 bits per heavy atom. The van der Waals surface area contributed by atoms with Crippen LogP contribution in [0.1, 0.15) is 38.2 Å². The predicted molar refractivity (Wildman–Crippen MR) is 103 cm³/mol. The lowest BCUT2D eigenvalue weighted by molar-refractivity contribution is -0.124. The molecule has 1 heterocycles. The molecule has 142 valence electrons. The standard InChI is InChI=1S/C20H30N4O2/c1-15-6-5-9-18(14-15)24-12-10-23(11-13-24)16(2)19(25)22-20(26)21-17-7-3-4-8-17/h5-6,9,14,16-17H,3-4,7-8,10-13H2,1-2H3,(H2,21,22,25,26). The average Bonchev–Trinajstić information content (AvgIpc) is 3.14. The Balaban J connectivity index is 1.45. The van der Waals surface area contributed by atoms with E-state index in [4.69, 9.17) is 0 Å². The SMILES string of the molecule is Cc1cccc(N2CCN(C(C)C(=O)NC(=O)NC3CCCC3)CC2)c1. The van der Waals surface area contributed by atoms with Crippen LogP contribution in [0.5, 0.6) is 0 Å². The largest absolute Gasteiger partial charge is 0.369 e. The number of urea groups is 1. The fraction of sp³-hybridized carbons (Fsp3) is 0.600. The highest BCUT2D eigenvalue weighted by Crippen LogP contribution is 2.19. The molecule has 1 unspecified atom stereocenters. The molecule has 2 N–H and O–H groups in total. The maximum Gasteiger partial charge on any atom is 0.321 e. The number of aryl methyl sites for hydroxylation is 1. The van der Waals surface area contributed by atoms with Crippen LogP contribution >= 0.6 is 0 Å². The maximum atomic E-state index is 12.4. The van der Waals surface area contributed by atoms with E-state index in [2.05, 4.69) is 51.6 Å². The molecule has 1 aromatic carbocycles. The Kier molecular flexibility index (Phi) is 6.14. The van der Waals surface area contributed by atoms with Crippen LogP contribution < -0.4 is 15.5 Å². The number of nitrogens with one attached hydrogen (secondary N) is 2. The summed E-state index contributed by atoms with van der Waals surface area (Å²) in [4.78, 5) is 28.9. The van der Waals surface area contributed by atoms with Gasteiger partial charge in [0.25, 0.3) is 0 Å². The van der Waals surface area contributed by atoms with Gasteiger partial charge in [0.05, 0.1) is 6.04 Å². The molecule has 0 radical (unpaired) electrons. The van der Waals surface area contributed by atoms with E-state index in [9.17, 15) is 9.59 Å². The van der Waals surface area contributed by atoms with Gasteiger partial charge in [-0.05, 0) is 44.4 Å². The number of anilines is 1. The van der Waals surface area contributed by atoms with Crippen molar-refractivity contribution in [2.24, 2.45) is 0 Å². The molecule has 1 aliphatic heterocycles. The first-order valence-electron chi connectivity index (χ1n) is 9.70. The topological polar surface area (TPSA) is 64.7 Å². The number of hydrogen-bond acceptors (Lipinski definition) is 4. The van der Waals surface area contributed by atoms with Crippen molar-refractivity contribution in [3.05, 3.63) is 29.8 Å². The number of benzene rings is 1. The summed E-state index contributed by atoms with van der Waals surface area (Å²) in [5.74, 6) is -0.218. The molecule has 3 rings (SSSR count). The van der Waals surface area contributed by atoms with E-state index >= 15 is 0 Å². The molecule has 6 nitrogen and oxygen atoms in total. The van der Waals surface area contributed by atoms with Gasteiger partial charge in [0.15, 0.2) is 0 Å². The van der Waals surface area contributed by atoms with Crippen molar-refractivity contribution in [2.75, 3.05) is 31.1 Å². The second kappa shape index (κ2) is 8.54. The third-order valence-corrected chi connectivity index (χ3v) is 5.54. The van der Waals surface area contributed by atoms with E-state index in [1.807, 2.05) is 6.92 Å². The minimum Gasteiger partial charge on any atom is -0.369 e. The van der Waals surface area contributed by atoms with E-state index in [0.717, 1.165) is 51.9 Å². The molecule has 1 atom stereocenters. The van der Waals surface area contributed by atoms with Gasteiger partial charge in [-0.15, -0.1) is 0 Å². The van der Waals surface area contributed by atoms with Crippen LogP contribution in [-0.2, 0) is 4.79 Å². The summed E-state index contributed by atoms with van der Waals surface area (Å²) >= 11 is 0. The number of carbonyl (C=O) groups excluding carboxylic acids is 2. The Morgan fingerprint density at radius 3 is 2.46 bits per heavy atom. The van der Waals surface area contributed by atoms with Crippen molar-refractivity contribution >= 4 is 17.6 Å². The van der Waals surface area contributed by atoms with E-state index in [1.54, 1.807) is 0 Å². The van der Waals surface area contributed by atoms with E-state index < -0.39 is 0 Å². The van der Waals surface area contributed by atoms with Crippen molar-refractivity contribution in [2.45, 2.75) is 51.6 Å². The molecular formula is C20H30N4O2. The predicted octanol–water partition coefficient (Wildman–Crippen LogP) is 2.27. The number of imide groups is 1. The molecule has 2 fully saturated rings.